The highest BCUT2D eigenvalue weighted by Crippen LogP contribution is 2.43. The van der Waals surface area contributed by atoms with Crippen LogP contribution >= 0.6 is 7.82 Å². The zero-order chi connectivity index (χ0) is 53.5. The van der Waals surface area contributed by atoms with Crippen LogP contribution in [0.15, 0.2) is 72.9 Å². The third kappa shape index (κ3) is 57.5. The number of phosphoric ester groups is 1. The Morgan fingerprint density at radius 3 is 1.21 bits per heavy atom. The third-order valence-electron chi connectivity index (χ3n) is 13.7. The molecular formula is C64H120N2O6P+. The van der Waals surface area contributed by atoms with Crippen molar-refractivity contribution >= 4 is 13.7 Å². The maximum Gasteiger partial charge on any atom is 0.472 e. The summed E-state index contributed by atoms with van der Waals surface area (Å²) in [5, 5.41) is 14.0. The largest absolute Gasteiger partial charge is 0.472 e. The molecule has 0 rings (SSSR count). The lowest BCUT2D eigenvalue weighted by Crippen LogP contribution is -2.45. The van der Waals surface area contributed by atoms with Gasteiger partial charge in [0.2, 0.25) is 5.91 Å². The summed E-state index contributed by atoms with van der Waals surface area (Å²) in [6.07, 6.45) is 75.8. The van der Waals surface area contributed by atoms with Crippen LogP contribution < -0.4 is 5.32 Å². The number of nitrogens with zero attached hydrogens (tertiary/aromatic N) is 1. The maximum absolute atomic E-state index is 13.0. The normalized spacial score (nSPS) is 14.3. The van der Waals surface area contributed by atoms with E-state index in [0.717, 1.165) is 77.0 Å². The Kier molecular flexibility index (Phi) is 53.2. The molecule has 0 aliphatic rings. The van der Waals surface area contributed by atoms with E-state index in [4.69, 9.17) is 9.05 Å². The van der Waals surface area contributed by atoms with E-state index in [0.29, 0.717) is 17.4 Å². The highest BCUT2D eigenvalue weighted by molar-refractivity contribution is 7.47. The van der Waals surface area contributed by atoms with Crippen LogP contribution in [0.1, 0.15) is 277 Å². The quantitative estimate of drug-likeness (QED) is 0.0243. The summed E-state index contributed by atoms with van der Waals surface area (Å²) in [7, 11) is 1.57. The molecule has 426 valence electrons. The summed E-state index contributed by atoms with van der Waals surface area (Å²) < 4.78 is 23.8. The molecule has 3 atom stereocenters. The van der Waals surface area contributed by atoms with Gasteiger partial charge in [-0.25, -0.2) is 4.57 Å². The summed E-state index contributed by atoms with van der Waals surface area (Å²) >= 11 is 0. The molecule has 0 aliphatic carbocycles. The van der Waals surface area contributed by atoms with Crippen LogP contribution in [0.2, 0.25) is 0 Å². The number of carbonyl (C=O) groups is 1. The predicted molar refractivity (Wildman–Crippen MR) is 318 cm³/mol. The molecule has 0 saturated carbocycles. The van der Waals surface area contributed by atoms with Gasteiger partial charge >= 0.3 is 7.82 Å². The summed E-state index contributed by atoms with van der Waals surface area (Å²) in [4.78, 5) is 23.4. The molecule has 0 spiro atoms. The van der Waals surface area contributed by atoms with Crippen molar-refractivity contribution in [2.24, 2.45) is 0 Å². The predicted octanol–water partition coefficient (Wildman–Crippen LogP) is 19.0. The maximum atomic E-state index is 13.0. The van der Waals surface area contributed by atoms with Crippen LogP contribution in [0.25, 0.3) is 0 Å². The van der Waals surface area contributed by atoms with Gasteiger partial charge in [0.25, 0.3) is 0 Å². The smallest absolute Gasteiger partial charge is 0.387 e. The van der Waals surface area contributed by atoms with Gasteiger partial charge in [0, 0.05) is 6.42 Å². The lowest BCUT2D eigenvalue weighted by molar-refractivity contribution is -0.870. The Hall–Kier alpha value is -2.06. The molecule has 0 bridgehead atoms. The first-order chi connectivity index (χ1) is 35.5. The minimum Gasteiger partial charge on any atom is -0.387 e. The fourth-order valence-electron chi connectivity index (χ4n) is 8.89. The fraction of sp³-hybridized carbons (Fsp3) is 0.797. The second kappa shape index (κ2) is 54.7. The molecule has 73 heavy (non-hydrogen) atoms. The van der Waals surface area contributed by atoms with E-state index >= 15 is 0 Å². The van der Waals surface area contributed by atoms with Gasteiger partial charge in [-0.1, -0.05) is 279 Å². The summed E-state index contributed by atoms with van der Waals surface area (Å²) in [6, 6.07) is -0.855. The topological polar surface area (TPSA) is 105 Å². The average Bonchev–Trinajstić information content (AvgIpc) is 3.35. The lowest BCUT2D eigenvalue weighted by atomic mass is 10.0. The van der Waals surface area contributed by atoms with Crippen molar-refractivity contribution in [3.05, 3.63) is 72.9 Å². The van der Waals surface area contributed by atoms with Crippen molar-refractivity contribution in [2.75, 3.05) is 40.9 Å². The van der Waals surface area contributed by atoms with E-state index in [1.807, 2.05) is 27.2 Å². The Bertz CT molecular complexity index is 1420. The minimum absolute atomic E-state index is 0.0577. The van der Waals surface area contributed by atoms with Gasteiger partial charge in [-0.05, 0) is 64.2 Å². The number of aliphatic hydroxyl groups is 1. The van der Waals surface area contributed by atoms with Crippen LogP contribution in [0.4, 0.5) is 0 Å². The number of phosphoric acid groups is 1. The van der Waals surface area contributed by atoms with Crippen molar-refractivity contribution in [3.8, 4) is 0 Å². The molecule has 0 saturated heterocycles. The molecule has 0 aromatic heterocycles. The standard InChI is InChI=1S/C64H119N2O6P/c1-6-8-10-12-14-16-18-20-22-24-26-28-30-32-34-35-37-39-41-43-45-47-49-51-53-55-57-63(67)62(61-72-73(69,70)71-60-59-66(3,4)5)65-64(68)58-56-54-52-50-48-46-44-42-40-38-36-33-31-29-27-25-23-21-19-17-15-13-11-9-7-2/h9,11,15,17,21,23,27,29,33,36,55,57,62-63,67H,6-8,10,12-14,16,18-20,22,24-26,28,30-32,34-35,37-54,56,58-61H2,1-5H3,(H-,65,68,69,70)/p+1/b11-9-,17-15-,23-21-,29-27-,36-33-,57-55+. The van der Waals surface area contributed by atoms with Gasteiger partial charge in [-0.2, -0.15) is 0 Å². The number of likely N-dealkylation sites (N-methyl/N-ethyl adjacent to an activating group) is 1. The zero-order valence-corrected chi connectivity index (χ0v) is 49.5. The number of rotatable bonds is 56. The second-order valence-corrected chi connectivity index (χ2v) is 23.5. The molecule has 9 heteroatoms. The summed E-state index contributed by atoms with van der Waals surface area (Å²) in [6.45, 7) is 4.72. The van der Waals surface area contributed by atoms with Gasteiger partial charge in [0.1, 0.15) is 13.2 Å². The molecule has 0 aromatic carbocycles. The van der Waals surface area contributed by atoms with E-state index in [1.54, 1.807) is 6.08 Å². The van der Waals surface area contributed by atoms with Crippen LogP contribution in [0, 0.1) is 0 Å². The summed E-state index contributed by atoms with van der Waals surface area (Å²) in [5.41, 5.74) is 0. The highest BCUT2D eigenvalue weighted by Gasteiger charge is 2.27. The molecular weight excluding hydrogens is 924 g/mol. The first kappa shape index (κ1) is 70.9. The highest BCUT2D eigenvalue weighted by atomic mass is 31.2. The molecule has 0 aromatic rings. The Balaban J connectivity index is 4.20. The van der Waals surface area contributed by atoms with Gasteiger partial charge in [-0.3, -0.25) is 13.8 Å². The first-order valence-corrected chi connectivity index (χ1v) is 32.3. The van der Waals surface area contributed by atoms with E-state index in [1.165, 1.54) is 180 Å². The molecule has 0 aliphatic heterocycles. The number of nitrogens with one attached hydrogen (secondary N) is 1. The van der Waals surface area contributed by atoms with E-state index in [9.17, 15) is 19.4 Å². The van der Waals surface area contributed by atoms with Crippen molar-refractivity contribution in [1.29, 1.82) is 0 Å². The molecule has 0 fully saturated rings. The van der Waals surface area contributed by atoms with E-state index < -0.39 is 20.0 Å². The van der Waals surface area contributed by atoms with Gasteiger partial charge in [0.15, 0.2) is 0 Å². The number of unbranched alkanes of at least 4 members (excludes halogenated alkanes) is 33. The monoisotopic (exact) mass is 1040 g/mol. The van der Waals surface area contributed by atoms with Crippen molar-refractivity contribution in [1.82, 2.24) is 5.32 Å². The molecule has 8 nitrogen and oxygen atoms in total. The number of hydrogen-bond donors (Lipinski definition) is 3. The Morgan fingerprint density at radius 1 is 0.479 bits per heavy atom. The van der Waals surface area contributed by atoms with Crippen LogP contribution in [0.5, 0.6) is 0 Å². The molecule has 3 N–H and O–H groups in total. The zero-order valence-electron chi connectivity index (χ0n) is 48.6. The van der Waals surface area contributed by atoms with Crippen molar-refractivity contribution in [3.63, 3.8) is 0 Å². The number of hydrogen-bond acceptors (Lipinski definition) is 5. The van der Waals surface area contributed by atoms with Crippen molar-refractivity contribution in [2.45, 2.75) is 289 Å². The molecule has 3 unspecified atom stereocenters. The van der Waals surface area contributed by atoms with Gasteiger partial charge in [0.05, 0.1) is 39.9 Å². The number of aliphatic hydroxyl groups excluding tert-OH is 1. The van der Waals surface area contributed by atoms with Crippen LogP contribution in [-0.4, -0.2) is 73.4 Å². The Morgan fingerprint density at radius 2 is 0.822 bits per heavy atom. The lowest BCUT2D eigenvalue weighted by Gasteiger charge is -2.25. The molecule has 0 heterocycles. The van der Waals surface area contributed by atoms with Crippen LogP contribution in [-0.2, 0) is 18.4 Å². The van der Waals surface area contributed by atoms with Crippen molar-refractivity contribution < 1.29 is 32.9 Å². The van der Waals surface area contributed by atoms with Gasteiger partial charge in [-0.15, -0.1) is 0 Å². The summed E-state index contributed by atoms with van der Waals surface area (Å²) in [5.74, 6) is -0.183. The van der Waals surface area contributed by atoms with E-state index in [-0.39, 0.29) is 19.1 Å². The van der Waals surface area contributed by atoms with Gasteiger partial charge < -0.3 is 19.8 Å². The first-order valence-electron chi connectivity index (χ1n) is 30.8. The molecule has 1 amide bonds. The third-order valence-corrected chi connectivity index (χ3v) is 14.7. The average molecular weight is 1040 g/mol. The number of allylic oxidation sites excluding steroid dienone is 11. The van der Waals surface area contributed by atoms with Crippen LogP contribution in [0.3, 0.4) is 0 Å². The number of amides is 1. The minimum atomic E-state index is -4.36. The second-order valence-electron chi connectivity index (χ2n) is 22.1. The Labute approximate surface area is 453 Å². The van der Waals surface area contributed by atoms with E-state index in [2.05, 4.69) is 79.9 Å². The molecule has 0 radical (unpaired) electrons. The number of quaternary nitrogens is 1. The fourth-order valence-corrected chi connectivity index (χ4v) is 9.63. The number of carbonyl (C=O) groups excluding carboxylic acids is 1. The SMILES string of the molecule is CC/C=C\C/C=C\C/C=C\C/C=C\C/C=C\CCCCCCCCCCCC(=O)NC(COP(=O)(O)OCC[N+](C)(C)C)C(O)/C=C/CCCCCCCCCCCCCCCCCCCCCCCCCC.